The van der Waals surface area contributed by atoms with Crippen molar-refractivity contribution in [2.24, 2.45) is 0 Å². The lowest BCUT2D eigenvalue weighted by Gasteiger charge is -2.19. The third-order valence-corrected chi connectivity index (χ3v) is 2.34. The van der Waals surface area contributed by atoms with Gasteiger partial charge in [-0.05, 0) is 33.8 Å². The lowest BCUT2D eigenvalue weighted by molar-refractivity contribution is 0.223. The van der Waals surface area contributed by atoms with Crippen molar-refractivity contribution in [1.82, 2.24) is 0 Å². The Labute approximate surface area is 104 Å². The maximum absolute atomic E-state index is 5.75. The fourth-order valence-electron chi connectivity index (χ4n) is 1.60. The second-order valence-electron chi connectivity index (χ2n) is 4.12. The van der Waals surface area contributed by atoms with Gasteiger partial charge in [0.2, 0.25) is 0 Å². The van der Waals surface area contributed by atoms with Crippen LogP contribution in [0.25, 0.3) is 0 Å². The molecule has 0 amide bonds. The van der Waals surface area contributed by atoms with E-state index in [2.05, 4.69) is 13.5 Å². The minimum atomic E-state index is 0.00672. The Bertz CT molecular complexity index is 369. The SMILES string of the molecule is [CH2]C(C=C)c1cccc(OC(C)C)c1OCC. The van der Waals surface area contributed by atoms with Crippen molar-refractivity contribution in [2.45, 2.75) is 32.8 Å². The Hall–Kier alpha value is -1.44. The van der Waals surface area contributed by atoms with E-state index < -0.39 is 0 Å². The largest absolute Gasteiger partial charge is 0.490 e. The molecule has 0 spiro atoms. The molecule has 0 bridgehead atoms. The molecule has 0 N–H and O–H groups in total. The van der Waals surface area contributed by atoms with E-state index in [0.29, 0.717) is 6.61 Å². The lowest BCUT2D eigenvalue weighted by atomic mass is 10.00. The van der Waals surface area contributed by atoms with Gasteiger partial charge in [-0.1, -0.05) is 18.2 Å². The highest BCUT2D eigenvalue weighted by molar-refractivity contribution is 5.49. The normalized spacial score (nSPS) is 12.3. The summed E-state index contributed by atoms with van der Waals surface area (Å²) in [4.78, 5) is 0. The molecule has 0 saturated carbocycles. The van der Waals surface area contributed by atoms with E-state index in [1.807, 2.05) is 39.0 Å². The first kappa shape index (κ1) is 13.6. The van der Waals surface area contributed by atoms with Crippen LogP contribution < -0.4 is 9.47 Å². The van der Waals surface area contributed by atoms with Crippen molar-refractivity contribution >= 4 is 0 Å². The molecular weight excluding hydrogens is 212 g/mol. The van der Waals surface area contributed by atoms with E-state index >= 15 is 0 Å². The average Bonchev–Trinajstić information content (AvgIpc) is 2.30. The first-order valence-electron chi connectivity index (χ1n) is 5.98. The van der Waals surface area contributed by atoms with Gasteiger partial charge in [0.1, 0.15) is 0 Å². The molecule has 17 heavy (non-hydrogen) atoms. The minimum Gasteiger partial charge on any atom is -0.490 e. The molecule has 0 heterocycles. The summed E-state index contributed by atoms with van der Waals surface area (Å²) in [5.74, 6) is 1.56. The number of benzene rings is 1. The maximum atomic E-state index is 5.75. The molecule has 1 aromatic rings. The van der Waals surface area contributed by atoms with Crippen LogP contribution in [0, 0.1) is 6.92 Å². The van der Waals surface area contributed by atoms with Crippen LogP contribution >= 0.6 is 0 Å². The third-order valence-electron chi connectivity index (χ3n) is 2.34. The van der Waals surface area contributed by atoms with Crippen LogP contribution in [0.2, 0.25) is 0 Å². The molecule has 0 fully saturated rings. The number of allylic oxidation sites excluding steroid dienone is 1. The summed E-state index contributed by atoms with van der Waals surface area (Å²) in [7, 11) is 0. The minimum absolute atomic E-state index is 0.00672. The fraction of sp³-hybridized carbons (Fsp3) is 0.400. The Balaban J connectivity index is 3.16. The first-order chi connectivity index (χ1) is 8.10. The zero-order chi connectivity index (χ0) is 12.8. The molecule has 1 radical (unpaired) electrons. The van der Waals surface area contributed by atoms with Crippen LogP contribution in [0.15, 0.2) is 30.9 Å². The van der Waals surface area contributed by atoms with Gasteiger partial charge in [-0.3, -0.25) is 0 Å². The predicted molar refractivity (Wildman–Crippen MR) is 71.7 cm³/mol. The molecule has 0 aliphatic carbocycles. The average molecular weight is 233 g/mol. The second-order valence-corrected chi connectivity index (χ2v) is 4.12. The number of para-hydroxylation sites is 1. The van der Waals surface area contributed by atoms with Gasteiger partial charge in [-0.2, -0.15) is 0 Å². The molecule has 1 unspecified atom stereocenters. The predicted octanol–water partition coefficient (Wildman–Crippen LogP) is 3.98. The van der Waals surface area contributed by atoms with Crippen molar-refractivity contribution in [2.75, 3.05) is 6.61 Å². The fourth-order valence-corrected chi connectivity index (χ4v) is 1.60. The molecule has 0 aromatic heterocycles. The zero-order valence-corrected chi connectivity index (χ0v) is 10.9. The van der Waals surface area contributed by atoms with E-state index in [0.717, 1.165) is 17.1 Å². The van der Waals surface area contributed by atoms with E-state index in [1.165, 1.54) is 0 Å². The Morgan fingerprint density at radius 3 is 2.59 bits per heavy atom. The van der Waals surface area contributed by atoms with Gasteiger partial charge in [0.25, 0.3) is 0 Å². The summed E-state index contributed by atoms with van der Waals surface area (Å²) in [6, 6.07) is 5.87. The monoisotopic (exact) mass is 233 g/mol. The number of hydrogen-bond acceptors (Lipinski definition) is 2. The van der Waals surface area contributed by atoms with Gasteiger partial charge in [-0.15, -0.1) is 6.58 Å². The Morgan fingerprint density at radius 1 is 1.35 bits per heavy atom. The molecule has 0 aliphatic rings. The van der Waals surface area contributed by atoms with E-state index in [4.69, 9.17) is 9.47 Å². The van der Waals surface area contributed by atoms with Gasteiger partial charge in [0, 0.05) is 11.5 Å². The van der Waals surface area contributed by atoms with Gasteiger partial charge in [-0.25, -0.2) is 0 Å². The van der Waals surface area contributed by atoms with Crippen molar-refractivity contribution in [3.05, 3.63) is 43.3 Å². The Kier molecular flexibility index (Phi) is 5.08. The molecule has 1 atom stereocenters. The first-order valence-corrected chi connectivity index (χ1v) is 5.98. The topological polar surface area (TPSA) is 18.5 Å². The summed E-state index contributed by atoms with van der Waals surface area (Å²) < 4.78 is 11.4. The molecule has 0 aliphatic heterocycles. The highest BCUT2D eigenvalue weighted by Crippen LogP contribution is 2.36. The summed E-state index contributed by atoms with van der Waals surface area (Å²) in [5.41, 5.74) is 1.01. The van der Waals surface area contributed by atoms with E-state index in [-0.39, 0.29) is 12.0 Å². The summed E-state index contributed by atoms with van der Waals surface area (Å²) >= 11 is 0. The van der Waals surface area contributed by atoms with Gasteiger partial charge >= 0.3 is 0 Å². The summed E-state index contributed by atoms with van der Waals surface area (Å²) in [6.07, 6.45) is 1.92. The number of hydrogen-bond donors (Lipinski definition) is 0. The quantitative estimate of drug-likeness (QED) is 0.692. The highest BCUT2D eigenvalue weighted by atomic mass is 16.5. The maximum Gasteiger partial charge on any atom is 0.164 e. The van der Waals surface area contributed by atoms with Crippen LogP contribution in [-0.4, -0.2) is 12.7 Å². The summed E-state index contributed by atoms with van der Waals surface area (Å²) in [6.45, 7) is 14.4. The molecule has 1 rings (SSSR count). The van der Waals surface area contributed by atoms with Crippen LogP contribution in [0.4, 0.5) is 0 Å². The van der Waals surface area contributed by atoms with Crippen molar-refractivity contribution in [3.8, 4) is 11.5 Å². The molecule has 2 nitrogen and oxygen atoms in total. The molecular formula is C15H21O2. The van der Waals surface area contributed by atoms with Crippen molar-refractivity contribution < 1.29 is 9.47 Å². The van der Waals surface area contributed by atoms with Gasteiger partial charge in [0.05, 0.1) is 12.7 Å². The number of rotatable bonds is 6. The lowest BCUT2D eigenvalue weighted by Crippen LogP contribution is -2.09. The summed E-state index contributed by atoms with van der Waals surface area (Å²) in [5, 5.41) is 0. The van der Waals surface area contributed by atoms with Crippen molar-refractivity contribution in [3.63, 3.8) is 0 Å². The van der Waals surface area contributed by atoms with Crippen LogP contribution in [0.5, 0.6) is 11.5 Å². The van der Waals surface area contributed by atoms with E-state index in [9.17, 15) is 0 Å². The zero-order valence-electron chi connectivity index (χ0n) is 10.9. The van der Waals surface area contributed by atoms with Crippen LogP contribution in [-0.2, 0) is 0 Å². The second kappa shape index (κ2) is 6.33. The van der Waals surface area contributed by atoms with Crippen LogP contribution in [0.1, 0.15) is 32.3 Å². The van der Waals surface area contributed by atoms with Gasteiger partial charge < -0.3 is 9.47 Å². The third kappa shape index (κ3) is 3.52. The molecule has 0 saturated heterocycles. The molecule has 1 aromatic carbocycles. The molecule has 2 heteroatoms. The van der Waals surface area contributed by atoms with E-state index in [1.54, 1.807) is 6.08 Å². The Morgan fingerprint density at radius 2 is 2.06 bits per heavy atom. The number of ether oxygens (including phenoxy) is 2. The smallest absolute Gasteiger partial charge is 0.164 e. The highest BCUT2D eigenvalue weighted by Gasteiger charge is 2.15. The molecule has 93 valence electrons. The van der Waals surface area contributed by atoms with Crippen LogP contribution in [0.3, 0.4) is 0 Å². The standard InChI is InChI=1S/C15H21O2/c1-6-12(5)13-9-8-10-14(17-11(3)4)15(13)16-7-2/h6,8-12H,1,5,7H2,2-4H3. The van der Waals surface area contributed by atoms with Gasteiger partial charge in [0.15, 0.2) is 11.5 Å². The van der Waals surface area contributed by atoms with Crippen molar-refractivity contribution in [1.29, 1.82) is 0 Å².